The third kappa shape index (κ3) is 668. The van der Waals surface area contributed by atoms with Gasteiger partial charge in [0.1, 0.15) is 0 Å². The Kier molecular flexibility index (Phi) is 22.2. The van der Waals surface area contributed by atoms with Crippen molar-refractivity contribution in [2.75, 3.05) is 0 Å². The Labute approximate surface area is 55.9 Å². The third-order valence-electron chi connectivity index (χ3n) is 0. The second-order valence-electron chi connectivity index (χ2n) is 0.447. The molecule has 0 unspecified atom stereocenters. The SMILES string of the molecule is O.O=P([O-])([O-])[O-].[Fe+4].[OH-]. The molecular weight excluding hydrogens is 183 g/mol. The molecule has 6 nitrogen and oxygen atoms in total. The quantitative estimate of drug-likeness (QED) is 0.280. The largest absolute Gasteiger partial charge is 4.00 e. The van der Waals surface area contributed by atoms with Crippen molar-refractivity contribution in [3.8, 4) is 0 Å². The number of rotatable bonds is 0. The Hall–Kier alpha value is 0.549. The van der Waals surface area contributed by atoms with E-state index in [1.54, 1.807) is 0 Å². The average Bonchev–Trinajstić information content (AvgIpc) is 0.722. The summed E-state index contributed by atoms with van der Waals surface area (Å²) in [5.41, 5.74) is 0. The van der Waals surface area contributed by atoms with E-state index in [-0.39, 0.29) is 28.0 Å². The molecule has 0 spiro atoms. The molecule has 0 aromatic rings. The normalized spacial score (nSPS) is 7.38. The van der Waals surface area contributed by atoms with Crippen LogP contribution in [0.3, 0.4) is 0 Å². The Bertz CT molecular complexity index is 54.7. The van der Waals surface area contributed by atoms with E-state index in [1.807, 2.05) is 0 Å². The van der Waals surface area contributed by atoms with Crippen LogP contribution in [-0.2, 0) is 21.6 Å². The van der Waals surface area contributed by atoms with Crippen molar-refractivity contribution >= 4 is 7.82 Å². The number of hydrogen-bond donors (Lipinski definition) is 0. The second-order valence-corrected chi connectivity index (χ2v) is 1.34. The maximum atomic E-state index is 8.55. The maximum Gasteiger partial charge on any atom is 4.00 e. The van der Waals surface area contributed by atoms with Crippen LogP contribution in [0.25, 0.3) is 0 Å². The minimum atomic E-state index is -5.39. The zero-order chi connectivity index (χ0) is 4.50. The molecule has 0 aliphatic rings. The van der Waals surface area contributed by atoms with Gasteiger partial charge in [-0.15, -0.1) is 0 Å². The molecule has 0 radical (unpaired) electrons. The van der Waals surface area contributed by atoms with Crippen LogP contribution in [0.15, 0.2) is 0 Å². The number of hydrogen-bond acceptors (Lipinski definition) is 5. The summed E-state index contributed by atoms with van der Waals surface area (Å²) in [6.07, 6.45) is 0. The second kappa shape index (κ2) is 7.55. The molecule has 0 atom stereocenters. The van der Waals surface area contributed by atoms with Gasteiger partial charge < -0.3 is 30.2 Å². The summed E-state index contributed by atoms with van der Waals surface area (Å²) in [7, 11) is -5.39. The Morgan fingerprint density at radius 1 is 1.12 bits per heavy atom. The molecule has 0 fully saturated rings. The van der Waals surface area contributed by atoms with Crippen molar-refractivity contribution in [3.63, 3.8) is 0 Å². The van der Waals surface area contributed by atoms with Crippen LogP contribution >= 0.6 is 7.82 Å². The molecule has 0 bridgehead atoms. The Balaban J connectivity index is -0.0000000267. The van der Waals surface area contributed by atoms with Crippen molar-refractivity contribution in [2.24, 2.45) is 0 Å². The van der Waals surface area contributed by atoms with Crippen LogP contribution < -0.4 is 14.7 Å². The van der Waals surface area contributed by atoms with Gasteiger partial charge in [0.25, 0.3) is 0 Å². The standard InChI is InChI=1S/Fe.H3O4P.2H2O/c;1-5(2,3)4;;/h;(H3,1,2,3,4);2*1H2/q+4;;;/p-4. The molecule has 0 heterocycles. The van der Waals surface area contributed by atoms with Crippen molar-refractivity contribution in [1.29, 1.82) is 0 Å². The van der Waals surface area contributed by atoms with Crippen LogP contribution in [0, 0.1) is 0 Å². The van der Waals surface area contributed by atoms with E-state index in [9.17, 15) is 0 Å². The molecule has 0 aromatic carbocycles. The Morgan fingerprint density at radius 2 is 1.12 bits per heavy atom. The van der Waals surface area contributed by atoms with Crippen molar-refractivity contribution in [2.45, 2.75) is 0 Å². The summed E-state index contributed by atoms with van der Waals surface area (Å²) in [6, 6.07) is 0. The van der Waals surface area contributed by atoms with Gasteiger partial charge in [0.05, 0.1) is 0 Å². The topological polar surface area (TPSA) is 148 Å². The molecule has 0 aliphatic heterocycles. The molecule has 52 valence electrons. The van der Waals surface area contributed by atoms with Crippen molar-refractivity contribution in [1.82, 2.24) is 0 Å². The fraction of sp³-hybridized carbons (Fsp3) is 0. The van der Waals surface area contributed by atoms with E-state index in [4.69, 9.17) is 19.2 Å². The van der Waals surface area contributed by atoms with Gasteiger partial charge in [0.15, 0.2) is 0 Å². The van der Waals surface area contributed by atoms with Gasteiger partial charge in [0.2, 0.25) is 0 Å². The van der Waals surface area contributed by atoms with Crippen LogP contribution in [0.5, 0.6) is 0 Å². The predicted octanol–water partition coefficient (Wildman–Crippen LogP) is -3.83. The summed E-state index contributed by atoms with van der Waals surface area (Å²) >= 11 is 0. The van der Waals surface area contributed by atoms with Gasteiger partial charge in [-0.2, -0.15) is 7.82 Å². The van der Waals surface area contributed by atoms with Gasteiger partial charge in [-0.25, -0.2) is 0 Å². The zero-order valence-corrected chi connectivity index (χ0v) is 5.38. The predicted molar refractivity (Wildman–Crippen MR) is 13.2 cm³/mol. The van der Waals surface area contributed by atoms with Crippen LogP contribution in [0.4, 0.5) is 0 Å². The molecule has 0 saturated carbocycles. The van der Waals surface area contributed by atoms with E-state index in [1.165, 1.54) is 0 Å². The van der Waals surface area contributed by atoms with Crippen LogP contribution in [0.1, 0.15) is 0 Å². The average molecular weight is 186 g/mol. The molecule has 8 heteroatoms. The smallest absolute Gasteiger partial charge is 0.870 e. The summed E-state index contributed by atoms with van der Waals surface area (Å²) < 4.78 is 8.55. The summed E-state index contributed by atoms with van der Waals surface area (Å²) in [5.74, 6) is 0. The molecule has 0 rings (SSSR count). The van der Waals surface area contributed by atoms with Gasteiger partial charge >= 0.3 is 17.1 Å². The van der Waals surface area contributed by atoms with Crippen molar-refractivity contribution < 1.29 is 47.3 Å². The monoisotopic (exact) mass is 186 g/mol. The minimum absolute atomic E-state index is 0. The van der Waals surface area contributed by atoms with Crippen LogP contribution in [0.2, 0.25) is 0 Å². The van der Waals surface area contributed by atoms with E-state index < -0.39 is 7.82 Å². The van der Waals surface area contributed by atoms with Gasteiger partial charge in [-0.3, -0.25) is 0 Å². The number of phosphoric acid groups is 1. The molecule has 0 aromatic heterocycles. The molecule has 0 amide bonds. The molecule has 0 saturated heterocycles. The fourth-order valence-electron chi connectivity index (χ4n) is 0. The minimum Gasteiger partial charge on any atom is -0.870 e. The summed E-state index contributed by atoms with van der Waals surface area (Å²) in [6.45, 7) is 0. The van der Waals surface area contributed by atoms with E-state index in [0.29, 0.717) is 0 Å². The van der Waals surface area contributed by atoms with Crippen molar-refractivity contribution in [3.05, 3.63) is 0 Å². The fourth-order valence-corrected chi connectivity index (χ4v) is 0. The molecule has 0 aliphatic carbocycles. The summed E-state index contributed by atoms with van der Waals surface area (Å²) in [5, 5.41) is 0. The van der Waals surface area contributed by atoms with E-state index in [2.05, 4.69) is 0 Å². The molecule has 3 N–H and O–H groups in total. The third-order valence-corrected chi connectivity index (χ3v) is 0. The van der Waals surface area contributed by atoms with Gasteiger partial charge in [0, 0.05) is 0 Å². The van der Waals surface area contributed by atoms with Gasteiger partial charge in [-0.05, 0) is 0 Å². The Morgan fingerprint density at radius 3 is 1.12 bits per heavy atom. The first-order valence-electron chi connectivity index (χ1n) is 0.730. The first-order valence-corrected chi connectivity index (χ1v) is 2.19. The maximum absolute atomic E-state index is 8.55. The first kappa shape index (κ1) is 23.5. The zero-order valence-electron chi connectivity index (χ0n) is 3.38. The molecule has 8 heavy (non-hydrogen) atoms. The first-order chi connectivity index (χ1) is 2.00. The van der Waals surface area contributed by atoms with Crippen LogP contribution in [-0.4, -0.2) is 11.0 Å². The van der Waals surface area contributed by atoms with E-state index >= 15 is 0 Å². The van der Waals surface area contributed by atoms with E-state index in [0.717, 1.165) is 0 Å². The van der Waals surface area contributed by atoms with Gasteiger partial charge in [-0.1, -0.05) is 0 Å². The molecular formula is H3FeO6P. The summed E-state index contributed by atoms with van der Waals surface area (Å²) in [4.78, 5) is 25.6.